The average Bonchev–Trinajstić information content (AvgIpc) is 2.78. The van der Waals surface area contributed by atoms with E-state index in [1.54, 1.807) is 0 Å². The van der Waals surface area contributed by atoms with Crippen LogP contribution in [0.15, 0.2) is 54.6 Å². The second-order valence-corrected chi connectivity index (χ2v) is 8.16. The smallest absolute Gasteiger partial charge is 0.338 e. The van der Waals surface area contributed by atoms with Crippen molar-refractivity contribution in [3.63, 3.8) is 0 Å². The minimum absolute atomic E-state index is 0.225. The Hall–Kier alpha value is -2.65. The molecule has 0 aliphatic heterocycles. The first kappa shape index (κ1) is 20.6. The predicted octanol–water partition coefficient (Wildman–Crippen LogP) is 6.85. The summed E-state index contributed by atoms with van der Waals surface area (Å²) in [6.07, 6.45) is 8.85. The maximum atomic E-state index is 12.8. The van der Waals surface area contributed by atoms with Crippen LogP contribution in [0.4, 0.5) is 0 Å². The van der Waals surface area contributed by atoms with E-state index in [-0.39, 0.29) is 5.97 Å². The first-order chi connectivity index (χ1) is 14.8. The summed E-state index contributed by atoms with van der Waals surface area (Å²) in [7, 11) is 0. The van der Waals surface area contributed by atoms with Gasteiger partial charge in [-0.25, -0.2) is 4.79 Å². The molecular formula is C27H30O3. The van der Waals surface area contributed by atoms with Crippen LogP contribution in [0.3, 0.4) is 0 Å². The minimum Gasteiger partial charge on any atom is -0.462 e. The van der Waals surface area contributed by atoms with Crippen molar-refractivity contribution >= 4 is 38.3 Å². The van der Waals surface area contributed by atoms with Crippen LogP contribution in [0, 0.1) is 0 Å². The Labute approximate surface area is 178 Å². The van der Waals surface area contributed by atoms with E-state index in [4.69, 9.17) is 9.84 Å². The van der Waals surface area contributed by atoms with Gasteiger partial charge in [0.05, 0.1) is 12.2 Å². The van der Waals surface area contributed by atoms with Crippen LogP contribution in [-0.2, 0) is 4.74 Å². The summed E-state index contributed by atoms with van der Waals surface area (Å²) in [5, 5.41) is 15.7. The molecule has 3 nitrogen and oxygen atoms in total. The Kier molecular flexibility index (Phi) is 6.81. The highest BCUT2D eigenvalue weighted by molar-refractivity contribution is 6.25. The lowest BCUT2D eigenvalue weighted by molar-refractivity contribution is 0.0500. The van der Waals surface area contributed by atoms with E-state index < -0.39 is 0 Å². The highest BCUT2D eigenvalue weighted by Crippen LogP contribution is 2.36. The second kappa shape index (κ2) is 9.90. The molecule has 0 aliphatic carbocycles. The van der Waals surface area contributed by atoms with E-state index >= 15 is 0 Å². The zero-order valence-electron chi connectivity index (χ0n) is 17.5. The van der Waals surface area contributed by atoms with Gasteiger partial charge in [-0.1, -0.05) is 87.1 Å². The molecule has 0 unspecified atom stereocenters. The van der Waals surface area contributed by atoms with Crippen LogP contribution in [0.1, 0.15) is 61.7 Å². The average molecular weight is 403 g/mol. The van der Waals surface area contributed by atoms with Crippen molar-refractivity contribution < 1.29 is 14.6 Å². The Morgan fingerprint density at radius 1 is 0.667 bits per heavy atom. The molecule has 0 radical (unpaired) electrons. The fourth-order valence-corrected chi connectivity index (χ4v) is 4.43. The number of benzene rings is 4. The molecule has 4 aromatic carbocycles. The fraction of sp³-hybridized carbons (Fsp3) is 0.370. The van der Waals surface area contributed by atoms with E-state index in [1.165, 1.54) is 41.8 Å². The topological polar surface area (TPSA) is 46.5 Å². The maximum Gasteiger partial charge on any atom is 0.338 e. The summed E-state index contributed by atoms with van der Waals surface area (Å²) in [4.78, 5) is 12.8. The van der Waals surface area contributed by atoms with Crippen molar-refractivity contribution in [1.82, 2.24) is 0 Å². The van der Waals surface area contributed by atoms with Gasteiger partial charge >= 0.3 is 5.97 Å². The molecule has 4 rings (SSSR count). The van der Waals surface area contributed by atoms with Crippen molar-refractivity contribution in [2.24, 2.45) is 0 Å². The lowest BCUT2D eigenvalue weighted by Gasteiger charge is -2.13. The van der Waals surface area contributed by atoms with Crippen LogP contribution in [-0.4, -0.2) is 24.3 Å². The summed E-state index contributed by atoms with van der Waals surface area (Å²) in [5.41, 5.74) is 0.657. The molecule has 0 aliphatic rings. The van der Waals surface area contributed by atoms with Gasteiger partial charge in [-0.3, -0.25) is 0 Å². The molecule has 0 atom stereocenters. The Balaban J connectivity index is 1.36. The fourth-order valence-electron chi connectivity index (χ4n) is 4.43. The molecule has 156 valence electrons. The largest absolute Gasteiger partial charge is 0.462 e. The van der Waals surface area contributed by atoms with Crippen LogP contribution < -0.4 is 0 Å². The summed E-state index contributed by atoms with van der Waals surface area (Å²) in [6, 6.07) is 18.7. The molecule has 0 saturated heterocycles. The summed E-state index contributed by atoms with van der Waals surface area (Å²) in [6.45, 7) is 0.781. The van der Waals surface area contributed by atoms with Gasteiger partial charge in [0.2, 0.25) is 0 Å². The Morgan fingerprint density at radius 3 is 1.93 bits per heavy atom. The highest BCUT2D eigenvalue weighted by atomic mass is 16.5. The number of carbonyl (C=O) groups excluding carboxylic acids is 1. The van der Waals surface area contributed by atoms with E-state index in [2.05, 4.69) is 42.5 Å². The maximum absolute atomic E-state index is 12.8. The van der Waals surface area contributed by atoms with Gasteiger partial charge in [-0.2, -0.15) is 0 Å². The lowest BCUT2D eigenvalue weighted by atomic mass is 9.92. The van der Waals surface area contributed by atoms with Crippen LogP contribution >= 0.6 is 0 Å². The monoisotopic (exact) mass is 402 g/mol. The molecule has 0 spiro atoms. The SMILES string of the molecule is O=C(OCCCCCCCCCCO)c1ccc2ccc3cccc4ccc1c2c34. The number of hydrogen-bond acceptors (Lipinski definition) is 3. The van der Waals surface area contributed by atoms with Gasteiger partial charge in [0.1, 0.15) is 0 Å². The molecule has 0 saturated carbocycles. The molecule has 0 heterocycles. The summed E-state index contributed by atoms with van der Waals surface area (Å²) >= 11 is 0. The van der Waals surface area contributed by atoms with Gasteiger partial charge in [0.25, 0.3) is 0 Å². The van der Waals surface area contributed by atoms with Gasteiger partial charge < -0.3 is 9.84 Å². The number of hydrogen-bond donors (Lipinski definition) is 1. The third kappa shape index (κ3) is 4.41. The molecular weight excluding hydrogens is 372 g/mol. The van der Waals surface area contributed by atoms with Crippen LogP contribution in [0.2, 0.25) is 0 Å². The van der Waals surface area contributed by atoms with Crippen molar-refractivity contribution in [1.29, 1.82) is 0 Å². The lowest BCUT2D eigenvalue weighted by Crippen LogP contribution is -2.07. The second-order valence-electron chi connectivity index (χ2n) is 8.16. The number of unbranched alkanes of at least 4 members (excludes halogenated alkanes) is 7. The number of aliphatic hydroxyl groups excluding tert-OH is 1. The van der Waals surface area contributed by atoms with Gasteiger partial charge in [-0.05, 0) is 51.2 Å². The molecule has 3 heteroatoms. The zero-order valence-corrected chi connectivity index (χ0v) is 17.5. The van der Waals surface area contributed by atoms with Gasteiger partial charge in [0.15, 0.2) is 0 Å². The Bertz CT molecular complexity index is 1100. The minimum atomic E-state index is -0.225. The molecule has 0 fully saturated rings. The first-order valence-electron chi connectivity index (χ1n) is 11.2. The number of aliphatic hydroxyl groups is 1. The third-order valence-electron chi connectivity index (χ3n) is 6.03. The number of esters is 1. The summed E-state index contributed by atoms with van der Waals surface area (Å²) in [5.74, 6) is -0.225. The van der Waals surface area contributed by atoms with Crippen molar-refractivity contribution in [2.75, 3.05) is 13.2 Å². The highest BCUT2D eigenvalue weighted by Gasteiger charge is 2.15. The Morgan fingerprint density at radius 2 is 1.23 bits per heavy atom. The molecule has 30 heavy (non-hydrogen) atoms. The normalized spacial score (nSPS) is 11.6. The number of rotatable bonds is 11. The first-order valence-corrected chi connectivity index (χ1v) is 11.2. The van der Waals surface area contributed by atoms with E-state index in [1.807, 2.05) is 12.1 Å². The summed E-state index contributed by atoms with van der Waals surface area (Å²) < 4.78 is 5.61. The van der Waals surface area contributed by atoms with E-state index in [9.17, 15) is 4.79 Å². The van der Waals surface area contributed by atoms with Crippen molar-refractivity contribution in [3.05, 3.63) is 60.2 Å². The van der Waals surface area contributed by atoms with Gasteiger partial charge in [0, 0.05) is 6.61 Å². The number of ether oxygens (including phenoxy) is 1. The quantitative estimate of drug-likeness (QED) is 0.169. The predicted molar refractivity (Wildman–Crippen MR) is 124 cm³/mol. The van der Waals surface area contributed by atoms with Gasteiger partial charge in [-0.15, -0.1) is 0 Å². The van der Waals surface area contributed by atoms with E-state index in [0.717, 1.165) is 41.8 Å². The molecule has 4 aromatic rings. The van der Waals surface area contributed by atoms with E-state index in [0.29, 0.717) is 18.8 Å². The van der Waals surface area contributed by atoms with Crippen molar-refractivity contribution in [3.8, 4) is 0 Å². The number of carbonyl (C=O) groups is 1. The molecule has 0 aromatic heterocycles. The van der Waals surface area contributed by atoms with Crippen molar-refractivity contribution in [2.45, 2.75) is 51.4 Å². The standard InChI is InChI=1S/C27H30O3/c28-18-7-5-3-1-2-4-6-8-19-30-27(29)24-17-15-22-13-12-20-10-9-11-21-14-16-23(24)26(22)25(20)21/h9-17,28H,1-8,18-19H2. The third-order valence-corrected chi connectivity index (χ3v) is 6.03. The zero-order chi connectivity index (χ0) is 20.8. The van der Waals surface area contributed by atoms with Crippen LogP contribution in [0.5, 0.6) is 0 Å². The molecule has 0 amide bonds. The van der Waals surface area contributed by atoms with Crippen LogP contribution in [0.25, 0.3) is 32.3 Å². The molecule has 1 N–H and O–H groups in total. The molecule has 0 bridgehead atoms.